The lowest BCUT2D eigenvalue weighted by Crippen LogP contribution is -2.42. The van der Waals surface area contributed by atoms with Crippen LogP contribution < -0.4 is 11.1 Å². The highest BCUT2D eigenvalue weighted by atomic mass is 16.4. The molecule has 0 heterocycles. The first kappa shape index (κ1) is 14.7. The zero-order chi connectivity index (χ0) is 14.3. The number of carboxylic acids is 1. The molecular weight excluding hydrogens is 248 g/mol. The summed E-state index contributed by atoms with van der Waals surface area (Å²) in [6.07, 6.45) is 0.00890. The Morgan fingerprint density at radius 1 is 1.21 bits per heavy atom. The molecule has 0 unspecified atom stereocenters. The maximum atomic E-state index is 11.7. The fourth-order valence-electron chi connectivity index (χ4n) is 1.57. The highest BCUT2D eigenvalue weighted by Gasteiger charge is 2.20. The van der Waals surface area contributed by atoms with Gasteiger partial charge in [0.15, 0.2) is 0 Å². The molecule has 0 radical (unpaired) electrons. The number of carbonyl (C=O) groups excluding carboxylic acids is 2. The van der Waals surface area contributed by atoms with Crippen LogP contribution in [0.3, 0.4) is 0 Å². The fraction of sp³-hybridized carbons (Fsp3) is 0.308. The van der Waals surface area contributed by atoms with E-state index in [1.54, 1.807) is 24.3 Å². The zero-order valence-electron chi connectivity index (χ0n) is 10.3. The van der Waals surface area contributed by atoms with Crippen molar-refractivity contribution < 1.29 is 19.5 Å². The van der Waals surface area contributed by atoms with Gasteiger partial charge in [0.1, 0.15) is 6.04 Å². The van der Waals surface area contributed by atoms with Gasteiger partial charge < -0.3 is 16.2 Å². The van der Waals surface area contributed by atoms with Crippen molar-refractivity contribution in [2.24, 2.45) is 5.73 Å². The maximum Gasteiger partial charge on any atom is 0.326 e. The summed E-state index contributed by atoms with van der Waals surface area (Å²) in [5.74, 6) is -2.17. The third-order valence-electron chi connectivity index (χ3n) is 2.52. The highest BCUT2D eigenvalue weighted by molar-refractivity contribution is 5.85. The van der Waals surface area contributed by atoms with Crippen LogP contribution in [0.25, 0.3) is 0 Å². The first-order chi connectivity index (χ1) is 8.99. The van der Waals surface area contributed by atoms with E-state index < -0.39 is 23.8 Å². The van der Waals surface area contributed by atoms with Gasteiger partial charge in [0.25, 0.3) is 0 Å². The molecule has 0 saturated carbocycles. The third kappa shape index (κ3) is 5.67. The second kappa shape index (κ2) is 7.15. The average Bonchev–Trinajstić information content (AvgIpc) is 2.35. The first-order valence-electron chi connectivity index (χ1n) is 5.83. The van der Waals surface area contributed by atoms with Crippen LogP contribution in [-0.2, 0) is 20.8 Å². The number of benzene rings is 1. The van der Waals surface area contributed by atoms with Gasteiger partial charge in [0.2, 0.25) is 11.8 Å². The van der Waals surface area contributed by atoms with Crippen LogP contribution in [0.1, 0.15) is 18.4 Å². The normalized spacial score (nSPS) is 11.6. The lowest BCUT2D eigenvalue weighted by atomic mass is 10.1. The first-order valence-corrected chi connectivity index (χ1v) is 5.83. The topological polar surface area (TPSA) is 109 Å². The van der Waals surface area contributed by atoms with E-state index >= 15 is 0 Å². The number of carboxylic acid groups (broad SMARTS) is 1. The SMILES string of the molecule is NC(=O)CC[C@@H](NC(=O)Cc1ccccc1)C(=O)O. The minimum absolute atomic E-state index is 0.00873. The van der Waals surface area contributed by atoms with Gasteiger partial charge in [0.05, 0.1) is 6.42 Å². The molecule has 19 heavy (non-hydrogen) atoms. The number of hydrogen-bond acceptors (Lipinski definition) is 3. The molecule has 4 N–H and O–H groups in total. The molecule has 0 fully saturated rings. The molecule has 1 aromatic carbocycles. The molecule has 0 saturated heterocycles. The van der Waals surface area contributed by atoms with E-state index in [1.807, 2.05) is 6.07 Å². The fourth-order valence-corrected chi connectivity index (χ4v) is 1.57. The van der Waals surface area contributed by atoms with Crippen molar-refractivity contribution in [2.75, 3.05) is 0 Å². The second-order valence-corrected chi connectivity index (χ2v) is 4.13. The molecule has 0 aliphatic heterocycles. The number of primary amides is 1. The van der Waals surface area contributed by atoms with E-state index in [2.05, 4.69) is 5.32 Å². The van der Waals surface area contributed by atoms with Crippen LogP contribution in [0.15, 0.2) is 30.3 Å². The molecule has 1 atom stereocenters. The van der Waals surface area contributed by atoms with E-state index in [0.29, 0.717) is 0 Å². The van der Waals surface area contributed by atoms with E-state index in [1.165, 1.54) is 0 Å². The molecule has 0 aliphatic carbocycles. The van der Waals surface area contributed by atoms with Gasteiger partial charge in [-0.3, -0.25) is 9.59 Å². The minimum atomic E-state index is -1.18. The molecular formula is C13H16N2O4. The largest absolute Gasteiger partial charge is 0.480 e. The van der Waals surface area contributed by atoms with Gasteiger partial charge in [-0.1, -0.05) is 30.3 Å². The lowest BCUT2D eigenvalue weighted by Gasteiger charge is -2.13. The Kier molecular flexibility index (Phi) is 5.53. The summed E-state index contributed by atoms with van der Waals surface area (Å²) in [6.45, 7) is 0. The molecule has 102 valence electrons. The summed E-state index contributed by atoms with van der Waals surface area (Å²) in [7, 11) is 0. The minimum Gasteiger partial charge on any atom is -0.480 e. The summed E-state index contributed by atoms with van der Waals surface area (Å²) in [6, 6.07) is 7.88. The Hall–Kier alpha value is -2.37. The van der Waals surface area contributed by atoms with Gasteiger partial charge in [-0.2, -0.15) is 0 Å². The van der Waals surface area contributed by atoms with Crippen LogP contribution in [0.4, 0.5) is 0 Å². The van der Waals surface area contributed by atoms with Crippen LogP contribution in [0.5, 0.6) is 0 Å². The molecule has 2 amide bonds. The Labute approximate surface area is 110 Å². The predicted molar refractivity (Wildman–Crippen MR) is 68.1 cm³/mol. The summed E-state index contributed by atoms with van der Waals surface area (Å²) >= 11 is 0. The van der Waals surface area contributed by atoms with Crippen LogP contribution in [-0.4, -0.2) is 28.9 Å². The quantitative estimate of drug-likeness (QED) is 0.647. The summed E-state index contributed by atoms with van der Waals surface area (Å²) in [5.41, 5.74) is 5.74. The molecule has 6 heteroatoms. The number of amides is 2. The van der Waals surface area contributed by atoms with Crippen molar-refractivity contribution in [3.8, 4) is 0 Å². The summed E-state index contributed by atoms with van der Waals surface area (Å²) < 4.78 is 0. The van der Waals surface area contributed by atoms with Crippen LogP contribution >= 0.6 is 0 Å². The second-order valence-electron chi connectivity index (χ2n) is 4.13. The maximum absolute atomic E-state index is 11.7. The molecule has 1 rings (SSSR count). The highest BCUT2D eigenvalue weighted by Crippen LogP contribution is 2.02. The zero-order valence-corrected chi connectivity index (χ0v) is 10.3. The number of aliphatic carboxylic acids is 1. The van der Waals surface area contributed by atoms with Gasteiger partial charge in [-0.15, -0.1) is 0 Å². The molecule has 0 spiro atoms. The van der Waals surface area contributed by atoms with Gasteiger partial charge >= 0.3 is 5.97 Å². The van der Waals surface area contributed by atoms with Crippen molar-refractivity contribution >= 4 is 17.8 Å². The number of rotatable bonds is 7. The van der Waals surface area contributed by atoms with Gasteiger partial charge in [0, 0.05) is 6.42 Å². The van der Waals surface area contributed by atoms with Crippen LogP contribution in [0, 0.1) is 0 Å². The third-order valence-corrected chi connectivity index (χ3v) is 2.52. The van der Waals surface area contributed by atoms with Gasteiger partial charge in [-0.05, 0) is 12.0 Å². The predicted octanol–water partition coefficient (Wildman–Crippen LogP) is 0.0640. The number of carbonyl (C=O) groups is 3. The number of nitrogens with one attached hydrogen (secondary N) is 1. The number of nitrogens with two attached hydrogens (primary N) is 1. The monoisotopic (exact) mass is 264 g/mol. The molecule has 1 aromatic rings. The lowest BCUT2D eigenvalue weighted by molar-refractivity contribution is -0.142. The number of hydrogen-bond donors (Lipinski definition) is 3. The van der Waals surface area contributed by atoms with Crippen molar-refractivity contribution in [3.05, 3.63) is 35.9 Å². The summed E-state index contributed by atoms with van der Waals surface area (Å²) in [4.78, 5) is 33.2. The van der Waals surface area contributed by atoms with Crippen molar-refractivity contribution in [1.29, 1.82) is 0 Å². The van der Waals surface area contributed by atoms with E-state index in [4.69, 9.17) is 10.8 Å². The Morgan fingerprint density at radius 2 is 1.84 bits per heavy atom. The molecule has 6 nitrogen and oxygen atoms in total. The Bertz CT molecular complexity index is 459. The van der Waals surface area contributed by atoms with Crippen molar-refractivity contribution in [1.82, 2.24) is 5.32 Å². The van der Waals surface area contributed by atoms with E-state index in [9.17, 15) is 14.4 Å². The standard InChI is InChI=1S/C13H16N2O4/c14-11(16)7-6-10(13(18)19)15-12(17)8-9-4-2-1-3-5-9/h1-5,10H,6-8H2,(H2,14,16)(H,15,17)(H,18,19)/t10-/m1/s1. The molecule has 0 bridgehead atoms. The van der Waals surface area contributed by atoms with Crippen molar-refractivity contribution in [2.45, 2.75) is 25.3 Å². The van der Waals surface area contributed by atoms with Crippen LogP contribution in [0.2, 0.25) is 0 Å². The molecule has 0 aromatic heterocycles. The Balaban J connectivity index is 2.52. The van der Waals surface area contributed by atoms with E-state index in [-0.39, 0.29) is 19.3 Å². The average molecular weight is 264 g/mol. The smallest absolute Gasteiger partial charge is 0.326 e. The van der Waals surface area contributed by atoms with Gasteiger partial charge in [-0.25, -0.2) is 4.79 Å². The summed E-state index contributed by atoms with van der Waals surface area (Å²) in [5, 5.41) is 11.3. The molecule has 0 aliphatic rings. The Morgan fingerprint density at radius 3 is 2.37 bits per heavy atom. The van der Waals surface area contributed by atoms with E-state index in [0.717, 1.165) is 5.56 Å². The van der Waals surface area contributed by atoms with Crippen molar-refractivity contribution in [3.63, 3.8) is 0 Å².